The molecule has 0 fully saturated rings. The summed E-state index contributed by atoms with van der Waals surface area (Å²) in [4.78, 5) is 10.8. The highest BCUT2D eigenvalue weighted by Gasteiger charge is 2.17. The van der Waals surface area contributed by atoms with Gasteiger partial charge in [-0.15, -0.1) is 0 Å². The van der Waals surface area contributed by atoms with E-state index in [1.54, 1.807) is 0 Å². The smallest absolute Gasteiger partial charge is 0.306 e. The van der Waals surface area contributed by atoms with Crippen molar-refractivity contribution in [3.63, 3.8) is 0 Å². The Balaban J connectivity index is 5.65. The van der Waals surface area contributed by atoms with E-state index in [1.165, 1.54) is 0 Å². The quantitative estimate of drug-likeness (QED) is 0.550. The van der Waals surface area contributed by atoms with E-state index < -0.39 is 43.4 Å². The van der Waals surface area contributed by atoms with Crippen molar-refractivity contribution in [1.82, 2.24) is 0 Å². The number of aliphatic hydroxyl groups excluding tert-OH is 1. The van der Waals surface area contributed by atoms with Crippen LogP contribution in [-0.4, -0.2) is 55.7 Å². The molecule has 0 rings (SSSR count). The first-order valence-electron chi connectivity index (χ1n) is 7.23. The molecular weight excluding hydrogens is 146 g/mol. The van der Waals surface area contributed by atoms with Gasteiger partial charge in [0.05, 0.1) is 35.6 Å². The molecule has 0 aliphatic heterocycles. The Kier molecular flexibility index (Phi) is 0.908. The zero-order valence-corrected chi connectivity index (χ0v) is 6.00. The topological polar surface area (TPSA) is 57.5 Å². The molecule has 0 aromatic rings. The molecule has 0 saturated carbocycles. The van der Waals surface area contributed by atoms with Crippen LogP contribution in [0.5, 0.6) is 0 Å². The fourth-order valence-electron chi connectivity index (χ4n) is 0.515. The minimum absolute atomic E-state index is 0.809. The van der Waals surface area contributed by atoms with Gasteiger partial charge in [0.15, 0.2) is 0 Å². The number of rotatable bonds is 5. The minimum Gasteiger partial charge on any atom is -0.481 e. The summed E-state index contributed by atoms with van der Waals surface area (Å²) in [6, 6.07) is 0. The summed E-state index contributed by atoms with van der Waals surface area (Å²) in [6.45, 7) is -7.18. The van der Waals surface area contributed by atoms with E-state index in [2.05, 4.69) is 5.11 Å². The zero-order chi connectivity index (χ0) is 16.6. The molecule has 0 unspecified atom stereocenters. The van der Waals surface area contributed by atoms with Gasteiger partial charge in [-0.2, -0.15) is 0 Å². The number of aliphatic carboxylic acids is 1. The number of aliphatic hydroxyl groups is 1. The molecule has 4 nitrogen and oxygen atoms in total. The maximum absolute atomic E-state index is 10.8. The van der Waals surface area contributed by atoms with Crippen LogP contribution in [0, 0.1) is 0 Å². The maximum atomic E-state index is 10.8. The average Bonchev–Trinajstić information content (AvgIpc) is 2.21. The summed E-state index contributed by atoms with van der Waals surface area (Å²) >= 11 is 0. The molecule has 0 spiro atoms. The second-order valence-corrected chi connectivity index (χ2v) is 2.31. The van der Waals surface area contributed by atoms with Gasteiger partial charge in [0.1, 0.15) is 12.6 Å². The molecule has 1 atom stereocenters. The van der Waals surface area contributed by atoms with Crippen LogP contribution in [0.1, 0.15) is 17.3 Å². The van der Waals surface area contributed by atoms with E-state index in [-0.39, 0.29) is 0 Å². The van der Waals surface area contributed by atoms with Crippen molar-refractivity contribution < 1.29 is 30.5 Å². The molecule has 0 heterocycles. The lowest BCUT2D eigenvalue weighted by Gasteiger charge is -2.25. The van der Waals surface area contributed by atoms with Crippen LogP contribution in [0.4, 0.5) is 0 Å². The lowest BCUT2D eigenvalue weighted by Crippen LogP contribution is -2.42. The molecule has 4 heteroatoms. The van der Waals surface area contributed by atoms with Gasteiger partial charge in [-0.3, -0.25) is 4.79 Å². The summed E-state index contributed by atoms with van der Waals surface area (Å²) < 4.78 is 63.3. The largest absolute Gasteiger partial charge is 0.481 e. The lowest BCUT2D eigenvalue weighted by atomic mass is 10.2. The highest BCUT2D eigenvalue weighted by atomic mass is 16.4. The van der Waals surface area contributed by atoms with Crippen molar-refractivity contribution in [1.29, 1.82) is 1.43 Å². The first-order valence-corrected chi connectivity index (χ1v) is 2.82. The molecule has 66 valence electrons. The van der Waals surface area contributed by atoms with E-state index in [4.69, 9.17) is 17.5 Å². The van der Waals surface area contributed by atoms with E-state index >= 15 is 0 Å². The van der Waals surface area contributed by atoms with Crippen LogP contribution in [0.25, 0.3) is 0 Å². The first-order chi connectivity index (χ1) is 8.61. The van der Waals surface area contributed by atoms with Gasteiger partial charge in [-0.05, 0) is 0 Å². The summed E-state index contributed by atoms with van der Waals surface area (Å²) in [5, 5.41) is 12.7. The van der Waals surface area contributed by atoms with Crippen LogP contribution < -0.4 is 0 Å². The van der Waals surface area contributed by atoms with Gasteiger partial charge in [0.2, 0.25) is 1.43 Å². The highest BCUT2D eigenvalue weighted by Crippen LogP contribution is 1.98. The summed E-state index contributed by atoms with van der Waals surface area (Å²) in [5.74, 6) is -1.97. The number of quaternary nitrogens is 1. The number of likely N-dealkylation sites (N-methyl/N-ethyl adjacent to an activating group) is 1. The molecule has 0 aromatic carbocycles. The third kappa shape index (κ3) is 7.29. The Labute approximate surface area is 79.4 Å². The van der Waals surface area contributed by atoms with Crippen molar-refractivity contribution >= 4 is 5.97 Å². The molecule has 0 aliphatic carbocycles. The number of carboxylic acids is 1. The molecule has 0 aliphatic rings. The monoisotopic (exact) mass is 171 g/mol. The number of carbonyl (C=O) groups is 1. The van der Waals surface area contributed by atoms with Crippen LogP contribution >= 0.6 is 0 Å². The van der Waals surface area contributed by atoms with Gasteiger partial charge in [-0.25, -0.2) is 0 Å². The predicted octanol–water partition coefficient (Wildman–Crippen LogP) is -0.472. The number of carboxylic acid groups (broad SMARTS) is 1. The SMILES string of the molecule is [2H]O[C@@H](C[N+](C)(C([2H])([2H])[2H])C([2H])([2H])[2H])C([2H])([2H])C(=O)O. The van der Waals surface area contributed by atoms with Crippen molar-refractivity contribution in [2.24, 2.45) is 0 Å². The molecular formula is C7H16NO3+. The van der Waals surface area contributed by atoms with Crippen LogP contribution in [0.15, 0.2) is 0 Å². The van der Waals surface area contributed by atoms with Gasteiger partial charge < -0.3 is 14.7 Å². The third-order valence-corrected chi connectivity index (χ3v) is 0.815. The third-order valence-electron chi connectivity index (χ3n) is 0.815. The summed E-state index contributed by atoms with van der Waals surface area (Å²) in [5.41, 5.74) is 0. The first kappa shape index (κ1) is 2.71. The Morgan fingerprint density at radius 1 is 1.91 bits per heavy atom. The standard InChI is InChI=1S/C7H15NO3/c1-8(2,3)5-6(9)4-7(10)11/h6,9H,4-5H2,1-3H3/p+1/t6-/m1/s1/i1D3,2D3,4D2,9D. The molecule has 0 radical (unpaired) electrons. The molecule has 0 bridgehead atoms. The maximum Gasteiger partial charge on any atom is 0.306 e. The van der Waals surface area contributed by atoms with Gasteiger partial charge in [0, 0.05) is 2.74 Å². The Morgan fingerprint density at radius 3 is 2.91 bits per heavy atom. The molecule has 0 saturated heterocycles. The van der Waals surface area contributed by atoms with Crippen molar-refractivity contribution in [2.45, 2.75) is 12.5 Å². The normalized spacial score (nSPS) is 30.1. The molecule has 0 amide bonds. The number of hydrogen-bond donors (Lipinski definition) is 2. The highest BCUT2D eigenvalue weighted by molar-refractivity contribution is 5.67. The van der Waals surface area contributed by atoms with Crippen molar-refractivity contribution in [3.8, 4) is 0 Å². The lowest BCUT2D eigenvalue weighted by molar-refractivity contribution is -0.873. The number of hydrogen-bond acceptors (Lipinski definition) is 2. The van der Waals surface area contributed by atoms with Crippen molar-refractivity contribution in [3.05, 3.63) is 0 Å². The fraction of sp³-hybridized carbons (Fsp3) is 0.857. The Morgan fingerprint density at radius 2 is 2.55 bits per heavy atom. The zero-order valence-electron chi connectivity index (χ0n) is 15.0. The molecule has 11 heavy (non-hydrogen) atoms. The number of nitrogens with zero attached hydrogens (tertiary/aromatic N) is 1. The average molecular weight is 171 g/mol. The second-order valence-electron chi connectivity index (χ2n) is 2.31. The van der Waals surface area contributed by atoms with Gasteiger partial charge in [-0.1, -0.05) is 0 Å². The minimum atomic E-state index is -3.10. The molecule has 2 N–H and O–H groups in total. The second kappa shape index (κ2) is 3.69. The van der Waals surface area contributed by atoms with E-state index in [0.29, 0.717) is 0 Å². The van der Waals surface area contributed by atoms with Gasteiger partial charge >= 0.3 is 5.97 Å². The van der Waals surface area contributed by atoms with E-state index in [1.807, 2.05) is 0 Å². The Hall–Kier alpha value is -0.610. The van der Waals surface area contributed by atoms with E-state index in [9.17, 15) is 4.79 Å². The molecule has 0 aromatic heterocycles. The van der Waals surface area contributed by atoms with Crippen LogP contribution in [0.2, 0.25) is 0 Å². The fourth-order valence-corrected chi connectivity index (χ4v) is 0.515. The summed E-state index contributed by atoms with van der Waals surface area (Å²) in [7, 11) is 0.809. The van der Waals surface area contributed by atoms with Crippen molar-refractivity contribution in [2.75, 3.05) is 27.5 Å². The van der Waals surface area contributed by atoms with E-state index in [0.717, 1.165) is 7.05 Å². The van der Waals surface area contributed by atoms with Crippen LogP contribution in [0.3, 0.4) is 0 Å². The predicted molar refractivity (Wildman–Crippen MR) is 41.2 cm³/mol. The van der Waals surface area contributed by atoms with Gasteiger partial charge in [0.25, 0.3) is 0 Å². The van der Waals surface area contributed by atoms with Crippen LogP contribution in [-0.2, 0) is 4.79 Å². The Bertz CT molecular complexity index is 350. The summed E-state index contributed by atoms with van der Waals surface area (Å²) in [6.07, 6.45) is -5.16.